The Labute approximate surface area is 130 Å². The predicted molar refractivity (Wildman–Crippen MR) is 87.9 cm³/mol. The maximum atomic E-state index is 11.7. The average molecular weight is 303 g/mol. The summed E-state index contributed by atoms with van der Waals surface area (Å²) in [6.07, 6.45) is 0. The Hall–Kier alpha value is -2.00. The summed E-state index contributed by atoms with van der Waals surface area (Å²) in [5.74, 6) is -0.0491. The molecule has 0 aromatic heterocycles. The summed E-state index contributed by atoms with van der Waals surface area (Å²) in [5, 5.41) is 6.90. The molecule has 2 aromatic carbocycles. The van der Waals surface area contributed by atoms with Crippen molar-refractivity contribution in [3.63, 3.8) is 0 Å². The molecule has 0 saturated carbocycles. The van der Waals surface area contributed by atoms with E-state index in [1.165, 1.54) is 0 Å². The Morgan fingerprint density at radius 3 is 2.52 bits per heavy atom. The Bertz CT molecular complexity index is 610. The fourth-order valence-corrected chi connectivity index (χ4v) is 2.29. The third kappa shape index (κ3) is 4.23. The molecule has 1 atom stereocenters. The molecule has 0 aliphatic carbocycles. The number of nitrogens with one attached hydrogen (secondary N) is 2. The molecule has 0 aliphatic rings. The van der Waals surface area contributed by atoms with Gasteiger partial charge in [0.25, 0.3) is 5.91 Å². The summed E-state index contributed by atoms with van der Waals surface area (Å²) in [5.41, 5.74) is 2.75. The summed E-state index contributed by atoms with van der Waals surface area (Å²) < 4.78 is 0. The first-order chi connectivity index (χ1) is 10.1. The van der Waals surface area contributed by atoms with Crippen LogP contribution < -0.4 is 10.6 Å². The van der Waals surface area contributed by atoms with Gasteiger partial charge in [0.2, 0.25) is 0 Å². The molecule has 2 N–H and O–H groups in total. The van der Waals surface area contributed by atoms with E-state index < -0.39 is 0 Å². The van der Waals surface area contributed by atoms with Crippen LogP contribution in [0.5, 0.6) is 0 Å². The van der Waals surface area contributed by atoms with Gasteiger partial charge in [-0.1, -0.05) is 23.7 Å². The predicted octanol–water partition coefficient (Wildman–Crippen LogP) is 4.26. The largest absolute Gasteiger partial charge is 0.379 e. The lowest BCUT2D eigenvalue weighted by molar-refractivity contribution is 0.0956. The SMILES string of the molecule is CCNC(=O)c1ccc(NC(C)c2cccc(Cl)c2)cc1. The first kappa shape index (κ1) is 15.4. The minimum absolute atomic E-state index is 0.0491. The third-order valence-electron chi connectivity index (χ3n) is 3.22. The highest BCUT2D eigenvalue weighted by atomic mass is 35.5. The number of hydrogen-bond acceptors (Lipinski definition) is 2. The van der Waals surface area contributed by atoms with Crippen LogP contribution in [-0.4, -0.2) is 12.5 Å². The Morgan fingerprint density at radius 1 is 1.19 bits per heavy atom. The number of rotatable bonds is 5. The van der Waals surface area contributed by atoms with Crippen LogP contribution in [0.1, 0.15) is 35.8 Å². The van der Waals surface area contributed by atoms with Crippen molar-refractivity contribution in [3.05, 3.63) is 64.7 Å². The second-order valence-electron chi connectivity index (χ2n) is 4.86. The normalized spacial score (nSPS) is 11.8. The fourth-order valence-electron chi connectivity index (χ4n) is 2.09. The molecule has 1 unspecified atom stereocenters. The highest BCUT2D eigenvalue weighted by Crippen LogP contribution is 2.22. The Balaban J connectivity index is 2.04. The van der Waals surface area contributed by atoms with Gasteiger partial charge in [0.1, 0.15) is 0 Å². The minimum Gasteiger partial charge on any atom is -0.379 e. The molecule has 0 aliphatic heterocycles. The topological polar surface area (TPSA) is 41.1 Å². The van der Waals surface area contributed by atoms with Crippen molar-refractivity contribution in [3.8, 4) is 0 Å². The van der Waals surface area contributed by atoms with Crippen LogP contribution in [-0.2, 0) is 0 Å². The van der Waals surface area contributed by atoms with Crippen molar-refractivity contribution in [2.45, 2.75) is 19.9 Å². The van der Waals surface area contributed by atoms with Gasteiger partial charge in [-0.15, -0.1) is 0 Å². The summed E-state index contributed by atoms with van der Waals surface area (Å²) in [4.78, 5) is 11.7. The number of benzene rings is 2. The Morgan fingerprint density at radius 2 is 1.90 bits per heavy atom. The van der Waals surface area contributed by atoms with E-state index in [9.17, 15) is 4.79 Å². The molecule has 110 valence electrons. The molecule has 1 amide bonds. The second kappa shape index (κ2) is 7.14. The van der Waals surface area contributed by atoms with Gasteiger partial charge in [0.15, 0.2) is 0 Å². The van der Waals surface area contributed by atoms with Crippen LogP contribution in [0.15, 0.2) is 48.5 Å². The molecular weight excluding hydrogens is 284 g/mol. The smallest absolute Gasteiger partial charge is 0.251 e. The molecule has 21 heavy (non-hydrogen) atoms. The van der Waals surface area contributed by atoms with E-state index in [0.717, 1.165) is 16.3 Å². The van der Waals surface area contributed by atoms with Crippen molar-refractivity contribution in [2.24, 2.45) is 0 Å². The summed E-state index contributed by atoms with van der Waals surface area (Å²) >= 11 is 6.01. The standard InChI is InChI=1S/C17H19ClN2O/c1-3-19-17(21)13-7-9-16(10-8-13)20-12(2)14-5-4-6-15(18)11-14/h4-12,20H,3H2,1-2H3,(H,19,21). The summed E-state index contributed by atoms with van der Waals surface area (Å²) in [7, 11) is 0. The van der Waals surface area contributed by atoms with Crippen LogP contribution in [0.3, 0.4) is 0 Å². The van der Waals surface area contributed by atoms with Crippen LogP contribution >= 0.6 is 11.6 Å². The highest BCUT2D eigenvalue weighted by molar-refractivity contribution is 6.30. The number of amides is 1. The van der Waals surface area contributed by atoms with E-state index in [1.807, 2.05) is 55.5 Å². The lowest BCUT2D eigenvalue weighted by Gasteiger charge is -2.16. The maximum Gasteiger partial charge on any atom is 0.251 e. The zero-order chi connectivity index (χ0) is 15.2. The number of halogens is 1. The quantitative estimate of drug-likeness (QED) is 0.866. The first-order valence-electron chi connectivity index (χ1n) is 7.00. The first-order valence-corrected chi connectivity index (χ1v) is 7.38. The average Bonchev–Trinajstić information content (AvgIpc) is 2.48. The monoisotopic (exact) mass is 302 g/mol. The van der Waals surface area contributed by atoms with Crippen molar-refractivity contribution < 1.29 is 4.79 Å². The number of carbonyl (C=O) groups excluding carboxylic acids is 1. The van der Waals surface area contributed by atoms with E-state index in [0.29, 0.717) is 12.1 Å². The van der Waals surface area contributed by atoms with E-state index in [-0.39, 0.29) is 11.9 Å². The van der Waals surface area contributed by atoms with E-state index in [4.69, 9.17) is 11.6 Å². The van der Waals surface area contributed by atoms with E-state index in [1.54, 1.807) is 0 Å². The third-order valence-corrected chi connectivity index (χ3v) is 3.45. The van der Waals surface area contributed by atoms with Gasteiger partial charge in [-0.2, -0.15) is 0 Å². The molecular formula is C17H19ClN2O. The zero-order valence-electron chi connectivity index (χ0n) is 12.2. The molecule has 0 heterocycles. The van der Waals surface area contributed by atoms with Crippen LogP contribution in [0.4, 0.5) is 5.69 Å². The molecule has 4 heteroatoms. The molecule has 0 spiro atoms. The second-order valence-corrected chi connectivity index (χ2v) is 5.29. The highest BCUT2D eigenvalue weighted by Gasteiger charge is 2.07. The van der Waals surface area contributed by atoms with Gasteiger partial charge in [0, 0.05) is 28.9 Å². The number of hydrogen-bond donors (Lipinski definition) is 2. The van der Waals surface area contributed by atoms with Crippen LogP contribution in [0.2, 0.25) is 5.02 Å². The van der Waals surface area contributed by atoms with E-state index >= 15 is 0 Å². The maximum absolute atomic E-state index is 11.7. The van der Waals surface area contributed by atoms with Gasteiger partial charge in [-0.05, 0) is 55.8 Å². The molecule has 3 nitrogen and oxygen atoms in total. The molecule has 2 rings (SSSR count). The van der Waals surface area contributed by atoms with Crippen LogP contribution in [0, 0.1) is 0 Å². The van der Waals surface area contributed by atoms with Crippen molar-refractivity contribution >= 4 is 23.2 Å². The molecule has 0 saturated heterocycles. The number of anilines is 1. The fraction of sp³-hybridized carbons (Fsp3) is 0.235. The molecule has 0 fully saturated rings. The Kier molecular flexibility index (Phi) is 5.23. The van der Waals surface area contributed by atoms with Gasteiger partial charge in [0.05, 0.1) is 0 Å². The minimum atomic E-state index is -0.0491. The number of carbonyl (C=O) groups is 1. The van der Waals surface area contributed by atoms with Crippen LogP contribution in [0.25, 0.3) is 0 Å². The van der Waals surface area contributed by atoms with Crippen molar-refractivity contribution in [1.29, 1.82) is 0 Å². The van der Waals surface area contributed by atoms with Crippen molar-refractivity contribution in [2.75, 3.05) is 11.9 Å². The zero-order valence-corrected chi connectivity index (χ0v) is 12.9. The molecule has 0 bridgehead atoms. The van der Waals surface area contributed by atoms with E-state index in [2.05, 4.69) is 17.6 Å². The molecule has 2 aromatic rings. The lowest BCUT2D eigenvalue weighted by atomic mass is 10.1. The van der Waals surface area contributed by atoms with Gasteiger partial charge < -0.3 is 10.6 Å². The van der Waals surface area contributed by atoms with Gasteiger partial charge in [-0.3, -0.25) is 4.79 Å². The van der Waals surface area contributed by atoms with Gasteiger partial charge >= 0.3 is 0 Å². The lowest BCUT2D eigenvalue weighted by Crippen LogP contribution is -2.22. The summed E-state index contributed by atoms with van der Waals surface area (Å²) in [6, 6.07) is 15.4. The van der Waals surface area contributed by atoms with Crippen molar-refractivity contribution in [1.82, 2.24) is 5.32 Å². The van der Waals surface area contributed by atoms with Gasteiger partial charge in [-0.25, -0.2) is 0 Å². The summed E-state index contributed by atoms with van der Waals surface area (Å²) in [6.45, 7) is 4.61. The molecule has 0 radical (unpaired) electrons.